The van der Waals surface area contributed by atoms with Crippen LogP contribution >= 0.6 is 192 Å². The van der Waals surface area contributed by atoms with Crippen LogP contribution in [0, 0.1) is 0 Å². The van der Waals surface area contributed by atoms with Crippen LogP contribution in [0.5, 0.6) is 0 Å². The first-order valence-electron chi connectivity index (χ1n) is 25.0. The van der Waals surface area contributed by atoms with Crippen molar-refractivity contribution in [2.75, 3.05) is 161 Å². The molecule has 12 nitrogen and oxygen atoms in total. The van der Waals surface area contributed by atoms with Crippen molar-refractivity contribution in [1.29, 1.82) is 0 Å². The van der Waals surface area contributed by atoms with E-state index in [0.717, 1.165) is 170 Å². The van der Waals surface area contributed by atoms with Gasteiger partial charge in [-0.3, -0.25) is 0 Å². The maximum absolute atomic E-state index is 14.0. The average Bonchev–Trinajstić information content (AvgIpc) is 3.38. The highest BCUT2D eigenvalue weighted by atomic mass is 32.2. The predicted octanol–water partition coefficient (Wildman–Crippen LogP) is 7.83. The largest absolute Gasteiger partial charge is 0.336 e. The Morgan fingerprint density at radius 3 is 0.507 bits per heavy atom. The number of nitrogens with zero attached hydrogens (tertiary/aromatic N) is 6. The molecule has 0 aliphatic carbocycles. The molecule has 0 N–H and O–H groups in total. The van der Waals surface area contributed by atoms with Gasteiger partial charge in [-0.1, -0.05) is 0 Å². The SMILES string of the molecule is O=c1n(CCCSCCSCCSCCS)c(=O)n(CCCn2c(=O)n(CCCSCCSCCSCCS)c(=O)n(CCCSCCSCCSCCS)c2=O)c(=O)n1CCCSCCSCCSCCS. The summed E-state index contributed by atoms with van der Waals surface area (Å²) in [5.74, 6) is 27.8. The smallest absolute Gasteiger partial charge is 0.247 e. The lowest BCUT2D eigenvalue weighted by Gasteiger charge is -2.16. The van der Waals surface area contributed by atoms with Gasteiger partial charge >= 0.3 is 34.1 Å². The second-order valence-electron chi connectivity index (χ2n) is 15.6. The molecular weight excluding hydrogens is 1230 g/mol. The molecule has 0 atom stereocenters. The minimum atomic E-state index is -0.675. The molecule has 2 aromatic heterocycles. The number of thiol groups is 4. The molecule has 73 heavy (non-hydrogen) atoms. The molecule has 0 spiro atoms. The summed E-state index contributed by atoms with van der Waals surface area (Å²) in [6.07, 6.45) is 2.49. The molecule has 2 aromatic rings. The Morgan fingerprint density at radius 1 is 0.205 bits per heavy atom. The minimum absolute atomic E-state index is 0.0927. The van der Waals surface area contributed by atoms with E-state index in [2.05, 4.69) is 50.5 Å². The van der Waals surface area contributed by atoms with E-state index in [0.29, 0.717) is 25.7 Å². The van der Waals surface area contributed by atoms with Crippen molar-refractivity contribution in [2.45, 2.75) is 71.4 Å². The zero-order valence-electron chi connectivity index (χ0n) is 42.4. The summed E-state index contributed by atoms with van der Waals surface area (Å²) >= 11 is 39.7. The van der Waals surface area contributed by atoms with Gasteiger partial charge in [0.1, 0.15) is 0 Å². The molecule has 0 saturated heterocycles. The van der Waals surface area contributed by atoms with Crippen LogP contribution in [0.25, 0.3) is 0 Å². The van der Waals surface area contributed by atoms with E-state index in [1.807, 2.05) is 94.1 Å². The Bertz CT molecular complexity index is 1790. The van der Waals surface area contributed by atoms with Gasteiger partial charge in [-0.05, 0) is 78.1 Å². The Balaban J connectivity index is 2.23. The second kappa shape index (κ2) is 50.2. The van der Waals surface area contributed by atoms with Gasteiger partial charge < -0.3 is 0 Å². The topological polar surface area (TPSA) is 132 Å². The number of aromatic nitrogens is 6. The van der Waals surface area contributed by atoms with Gasteiger partial charge in [0.05, 0.1) is 0 Å². The molecule has 0 amide bonds. The van der Waals surface area contributed by atoms with Crippen LogP contribution in [0.15, 0.2) is 28.8 Å². The molecule has 0 fully saturated rings. The van der Waals surface area contributed by atoms with Gasteiger partial charge in [-0.2, -0.15) is 192 Å². The normalized spacial score (nSPS) is 11.7. The number of hydrogen-bond donors (Lipinski definition) is 4. The standard InChI is InChI=1S/C45H82N6O6S16/c52-40-46(41(53)49(9-3-17-63-25-33-71-37-29-67-21-13-59)44(56)48(40)8-2-16-62-24-32-70-36-28-66-20-12-58)6-1-7-47-42(54)50(10-4-18-64-26-34-72-38-30-68-22-14-60)45(57)51(43(47)55)11-5-19-65-27-35-73-39-31-69-23-15-61/h58-61H,1-39H2. The average molecular weight is 1320 g/mol. The van der Waals surface area contributed by atoms with Crippen LogP contribution in [0.4, 0.5) is 0 Å². The summed E-state index contributed by atoms with van der Waals surface area (Å²) in [6.45, 7) is 0.560. The molecule has 2 rings (SSSR count). The summed E-state index contributed by atoms with van der Waals surface area (Å²) in [7, 11) is 0. The highest BCUT2D eigenvalue weighted by Crippen LogP contribution is 2.15. The van der Waals surface area contributed by atoms with Crippen molar-refractivity contribution >= 4 is 192 Å². The van der Waals surface area contributed by atoms with E-state index in [1.165, 1.54) is 18.3 Å². The summed E-state index contributed by atoms with van der Waals surface area (Å²) in [4.78, 5) is 83.8. The maximum Gasteiger partial charge on any atom is 0.336 e. The van der Waals surface area contributed by atoms with Gasteiger partial charge in [0.25, 0.3) is 0 Å². The van der Waals surface area contributed by atoms with E-state index in [-0.39, 0.29) is 45.7 Å². The molecular formula is C45H82N6O6S16. The summed E-state index contributed by atoms with van der Waals surface area (Å²) in [5.41, 5.74) is -3.89. The fourth-order valence-corrected chi connectivity index (χ4v) is 20.0. The molecule has 0 unspecified atom stereocenters. The Morgan fingerprint density at radius 2 is 0.342 bits per heavy atom. The molecule has 0 aliphatic heterocycles. The van der Waals surface area contributed by atoms with Crippen LogP contribution < -0.4 is 34.1 Å². The van der Waals surface area contributed by atoms with Crippen LogP contribution in [0.1, 0.15) is 32.1 Å². The van der Waals surface area contributed by atoms with Gasteiger partial charge in [0.2, 0.25) is 0 Å². The predicted molar refractivity (Wildman–Crippen MR) is 365 cm³/mol. The fraction of sp³-hybridized carbons (Fsp3) is 0.867. The Hall–Kier alpha value is 2.42. The van der Waals surface area contributed by atoms with Crippen molar-refractivity contribution in [3.8, 4) is 0 Å². The van der Waals surface area contributed by atoms with E-state index >= 15 is 0 Å². The summed E-state index contributed by atoms with van der Waals surface area (Å²) < 4.78 is 6.94. The number of rotatable bonds is 52. The van der Waals surface area contributed by atoms with Crippen LogP contribution in [0.3, 0.4) is 0 Å². The fourth-order valence-electron chi connectivity index (χ4n) is 6.62. The first-order chi connectivity index (χ1) is 35.7. The first kappa shape index (κ1) is 71.5. The van der Waals surface area contributed by atoms with E-state index in [9.17, 15) is 28.8 Å². The third kappa shape index (κ3) is 33.2. The second-order valence-corrected chi connectivity index (χ2v) is 32.1. The van der Waals surface area contributed by atoms with Crippen LogP contribution in [-0.4, -0.2) is 188 Å². The molecule has 28 heteroatoms. The van der Waals surface area contributed by atoms with Gasteiger partial charge in [0.15, 0.2) is 0 Å². The molecule has 0 saturated carbocycles. The lowest BCUT2D eigenvalue weighted by Crippen LogP contribution is -2.55. The quantitative estimate of drug-likeness (QED) is 0.0379. The van der Waals surface area contributed by atoms with E-state index in [4.69, 9.17) is 0 Å². The molecule has 0 aliphatic rings. The third-order valence-electron chi connectivity index (χ3n) is 10.1. The monoisotopic (exact) mass is 1310 g/mol. The molecule has 0 bridgehead atoms. The van der Waals surface area contributed by atoms with Crippen molar-refractivity contribution in [3.63, 3.8) is 0 Å². The van der Waals surface area contributed by atoms with E-state index in [1.54, 1.807) is 47.0 Å². The van der Waals surface area contributed by atoms with Crippen molar-refractivity contribution in [2.24, 2.45) is 0 Å². The Labute approximate surface area is 508 Å². The van der Waals surface area contributed by atoms with Crippen molar-refractivity contribution in [3.05, 3.63) is 62.9 Å². The van der Waals surface area contributed by atoms with Crippen LogP contribution in [0.2, 0.25) is 0 Å². The lowest BCUT2D eigenvalue weighted by molar-refractivity contribution is 0.402. The Kier molecular flexibility index (Phi) is 49.2. The molecule has 424 valence electrons. The van der Waals surface area contributed by atoms with Crippen LogP contribution in [-0.2, 0) is 39.3 Å². The first-order valence-corrected chi connectivity index (χ1v) is 41.4. The van der Waals surface area contributed by atoms with Gasteiger partial charge in [0, 0.05) is 154 Å². The lowest BCUT2D eigenvalue weighted by atomic mass is 10.4. The van der Waals surface area contributed by atoms with Crippen molar-refractivity contribution < 1.29 is 0 Å². The minimum Gasteiger partial charge on any atom is -0.247 e. The molecule has 2 heterocycles. The van der Waals surface area contributed by atoms with Gasteiger partial charge in [-0.25, -0.2) is 56.2 Å². The van der Waals surface area contributed by atoms with Gasteiger partial charge in [-0.15, -0.1) is 0 Å². The summed E-state index contributed by atoms with van der Waals surface area (Å²) in [6, 6.07) is 0. The maximum atomic E-state index is 14.0. The zero-order valence-corrected chi connectivity index (χ0v) is 55.8. The highest BCUT2D eigenvalue weighted by Gasteiger charge is 2.18. The molecule has 0 aromatic carbocycles. The summed E-state index contributed by atoms with van der Waals surface area (Å²) in [5, 5.41) is 0. The number of thioether (sulfide) groups is 12. The third-order valence-corrected chi connectivity index (χ3v) is 26.5. The van der Waals surface area contributed by atoms with Crippen molar-refractivity contribution in [1.82, 2.24) is 27.4 Å². The number of hydrogen-bond acceptors (Lipinski definition) is 22. The van der Waals surface area contributed by atoms with E-state index < -0.39 is 34.1 Å². The highest BCUT2D eigenvalue weighted by molar-refractivity contribution is 8.06. The zero-order chi connectivity index (χ0) is 53.0. The molecule has 0 radical (unpaired) electrons.